The van der Waals surface area contributed by atoms with Crippen LogP contribution in [0.4, 0.5) is 11.7 Å². The van der Waals surface area contributed by atoms with E-state index in [2.05, 4.69) is 39.2 Å². The lowest BCUT2D eigenvalue weighted by atomic mass is 10.1. The molecule has 2 aromatic carbocycles. The van der Waals surface area contributed by atoms with Crippen LogP contribution < -0.4 is 10.1 Å². The summed E-state index contributed by atoms with van der Waals surface area (Å²) < 4.78 is 18.2. The minimum absolute atomic E-state index is 0.0982. The Kier molecular flexibility index (Phi) is 6.75. The fourth-order valence-corrected chi connectivity index (χ4v) is 3.29. The Balaban J connectivity index is 1.81. The molecule has 0 saturated carbocycles. The fraction of sp³-hybridized carbons (Fsp3) is 0.318. The minimum Gasteiger partial charge on any atom is -0.491 e. The maximum atomic E-state index is 5.93. The first-order valence-corrected chi connectivity index (χ1v) is 10.1. The van der Waals surface area contributed by atoms with Gasteiger partial charge in [0.1, 0.15) is 5.75 Å². The molecule has 0 aliphatic rings. The molecule has 0 aliphatic heterocycles. The first-order valence-electron chi connectivity index (χ1n) is 9.33. The van der Waals surface area contributed by atoms with E-state index in [1.54, 1.807) is 6.20 Å². The molecule has 0 spiro atoms. The van der Waals surface area contributed by atoms with Crippen LogP contribution in [0.15, 0.2) is 51.5 Å². The van der Waals surface area contributed by atoms with E-state index >= 15 is 0 Å². The Morgan fingerprint density at radius 1 is 1.21 bits per heavy atom. The molecule has 0 saturated heterocycles. The van der Waals surface area contributed by atoms with Gasteiger partial charge in [-0.25, -0.2) is 4.98 Å². The molecule has 0 amide bonds. The van der Waals surface area contributed by atoms with Gasteiger partial charge in [0.25, 0.3) is 6.01 Å². The highest BCUT2D eigenvalue weighted by Crippen LogP contribution is 2.32. The quantitative estimate of drug-likeness (QED) is 0.430. The highest BCUT2D eigenvalue weighted by atomic mass is 79.9. The Bertz CT molecular complexity index is 937. The van der Waals surface area contributed by atoms with Crippen molar-refractivity contribution in [2.45, 2.75) is 40.4 Å². The number of oxazole rings is 1. The zero-order chi connectivity index (χ0) is 20.1. The van der Waals surface area contributed by atoms with E-state index in [0.29, 0.717) is 25.0 Å². The van der Waals surface area contributed by atoms with Gasteiger partial charge in [0.05, 0.1) is 18.9 Å². The molecule has 28 heavy (non-hydrogen) atoms. The average Bonchev–Trinajstić information content (AvgIpc) is 3.10. The Hall–Kier alpha value is -2.31. The highest BCUT2D eigenvalue weighted by molar-refractivity contribution is 9.10. The summed E-state index contributed by atoms with van der Waals surface area (Å²) in [7, 11) is 0. The van der Waals surface area contributed by atoms with Gasteiger partial charge in [0.2, 0.25) is 0 Å². The van der Waals surface area contributed by atoms with Gasteiger partial charge >= 0.3 is 0 Å². The molecular weight excluding hydrogens is 420 g/mol. The van der Waals surface area contributed by atoms with Crippen LogP contribution in [0.25, 0.3) is 11.3 Å². The molecule has 0 unspecified atom stereocenters. The highest BCUT2D eigenvalue weighted by Gasteiger charge is 2.12. The van der Waals surface area contributed by atoms with Crippen molar-refractivity contribution in [3.8, 4) is 17.1 Å². The van der Waals surface area contributed by atoms with Gasteiger partial charge in [-0.05, 0) is 63.1 Å². The van der Waals surface area contributed by atoms with E-state index in [1.807, 2.05) is 51.1 Å². The molecule has 0 radical (unpaired) electrons. The molecule has 1 N–H and O–H groups in total. The van der Waals surface area contributed by atoms with Crippen LogP contribution in [0.5, 0.6) is 5.75 Å². The van der Waals surface area contributed by atoms with Gasteiger partial charge in [-0.2, -0.15) is 0 Å². The largest absolute Gasteiger partial charge is 0.491 e. The molecule has 3 rings (SSSR count). The second kappa shape index (κ2) is 9.26. The number of hydrogen-bond donors (Lipinski definition) is 1. The number of ether oxygens (including phenoxy) is 2. The predicted molar refractivity (Wildman–Crippen MR) is 115 cm³/mol. The monoisotopic (exact) mass is 444 g/mol. The third-order valence-corrected chi connectivity index (χ3v) is 4.64. The molecule has 0 fully saturated rings. The van der Waals surface area contributed by atoms with Crippen molar-refractivity contribution in [3.63, 3.8) is 0 Å². The summed E-state index contributed by atoms with van der Waals surface area (Å²) in [5, 5.41) is 3.26. The number of halogens is 1. The summed E-state index contributed by atoms with van der Waals surface area (Å²) in [5.74, 6) is 1.45. The second-order valence-electron chi connectivity index (χ2n) is 6.72. The number of benzene rings is 2. The zero-order valence-corrected chi connectivity index (χ0v) is 18.2. The van der Waals surface area contributed by atoms with Crippen LogP contribution in [0.3, 0.4) is 0 Å². The van der Waals surface area contributed by atoms with E-state index in [9.17, 15) is 0 Å². The molecule has 5 nitrogen and oxygen atoms in total. The van der Waals surface area contributed by atoms with Crippen LogP contribution in [0.2, 0.25) is 0 Å². The maximum Gasteiger partial charge on any atom is 0.299 e. The van der Waals surface area contributed by atoms with Crippen LogP contribution in [0, 0.1) is 6.92 Å². The molecule has 6 heteroatoms. The van der Waals surface area contributed by atoms with Crippen LogP contribution in [-0.4, -0.2) is 17.7 Å². The molecule has 148 valence electrons. The molecule has 1 heterocycles. The summed E-state index contributed by atoms with van der Waals surface area (Å²) >= 11 is 3.53. The SMILES string of the molecule is CCOCc1cccc(Nc2ncc(-c3cc(Br)cc(OC(C)C)c3)o2)c1C. The van der Waals surface area contributed by atoms with Crippen molar-refractivity contribution in [2.75, 3.05) is 11.9 Å². The zero-order valence-electron chi connectivity index (χ0n) is 16.6. The number of nitrogens with one attached hydrogen (secondary N) is 1. The van der Waals surface area contributed by atoms with E-state index in [0.717, 1.165) is 32.6 Å². The van der Waals surface area contributed by atoms with Crippen LogP contribution >= 0.6 is 15.9 Å². The topological polar surface area (TPSA) is 56.5 Å². The predicted octanol–water partition coefficient (Wildman–Crippen LogP) is 6.48. The summed E-state index contributed by atoms with van der Waals surface area (Å²) in [6, 6.07) is 12.4. The number of aromatic nitrogens is 1. The number of rotatable bonds is 8. The number of hydrogen-bond acceptors (Lipinski definition) is 5. The van der Waals surface area contributed by atoms with Crippen molar-refractivity contribution >= 4 is 27.6 Å². The first kappa shape index (κ1) is 20.4. The van der Waals surface area contributed by atoms with Crippen molar-refractivity contribution < 1.29 is 13.9 Å². The fourth-order valence-electron chi connectivity index (χ4n) is 2.81. The maximum absolute atomic E-state index is 5.93. The smallest absolute Gasteiger partial charge is 0.299 e. The Morgan fingerprint density at radius 2 is 2.04 bits per heavy atom. The Morgan fingerprint density at radius 3 is 2.79 bits per heavy atom. The summed E-state index contributed by atoms with van der Waals surface area (Å²) in [4.78, 5) is 4.38. The van der Waals surface area contributed by atoms with Gasteiger partial charge in [-0.1, -0.05) is 28.1 Å². The van der Waals surface area contributed by atoms with Gasteiger partial charge in [0, 0.05) is 22.3 Å². The summed E-state index contributed by atoms with van der Waals surface area (Å²) in [5.41, 5.74) is 4.10. The molecule has 3 aromatic rings. The molecule has 0 bridgehead atoms. The number of anilines is 2. The summed E-state index contributed by atoms with van der Waals surface area (Å²) in [6.07, 6.45) is 1.81. The normalized spacial score (nSPS) is 11.1. The molecular formula is C22H25BrN2O3. The lowest BCUT2D eigenvalue weighted by Gasteiger charge is -2.12. The molecule has 1 aromatic heterocycles. The third-order valence-electron chi connectivity index (χ3n) is 4.18. The van der Waals surface area contributed by atoms with Crippen molar-refractivity contribution in [3.05, 3.63) is 58.2 Å². The van der Waals surface area contributed by atoms with E-state index in [1.165, 1.54) is 0 Å². The lowest BCUT2D eigenvalue weighted by Crippen LogP contribution is -2.05. The van der Waals surface area contributed by atoms with E-state index in [-0.39, 0.29) is 6.10 Å². The number of nitrogens with zero attached hydrogens (tertiary/aromatic N) is 1. The third kappa shape index (κ3) is 5.14. The van der Waals surface area contributed by atoms with Crippen LogP contribution in [0.1, 0.15) is 31.9 Å². The van der Waals surface area contributed by atoms with Gasteiger partial charge in [-0.15, -0.1) is 0 Å². The Labute approximate surface area is 174 Å². The van der Waals surface area contributed by atoms with Gasteiger partial charge in [0.15, 0.2) is 5.76 Å². The second-order valence-corrected chi connectivity index (χ2v) is 7.64. The molecule has 0 atom stereocenters. The minimum atomic E-state index is 0.0982. The van der Waals surface area contributed by atoms with E-state index < -0.39 is 0 Å². The molecule has 0 aliphatic carbocycles. The van der Waals surface area contributed by atoms with Crippen molar-refractivity contribution in [1.82, 2.24) is 4.98 Å². The lowest BCUT2D eigenvalue weighted by molar-refractivity contribution is 0.133. The van der Waals surface area contributed by atoms with Gasteiger partial charge < -0.3 is 19.2 Å². The van der Waals surface area contributed by atoms with Crippen LogP contribution in [-0.2, 0) is 11.3 Å². The average molecular weight is 445 g/mol. The van der Waals surface area contributed by atoms with Crippen molar-refractivity contribution in [2.24, 2.45) is 0 Å². The first-order chi connectivity index (χ1) is 13.5. The van der Waals surface area contributed by atoms with Gasteiger partial charge in [-0.3, -0.25) is 0 Å². The van der Waals surface area contributed by atoms with Crippen molar-refractivity contribution in [1.29, 1.82) is 0 Å². The van der Waals surface area contributed by atoms with E-state index in [4.69, 9.17) is 13.9 Å². The summed E-state index contributed by atoms with van der Waals surface area (Å²) in [6.45, 7) is 9.33. The standard InChI is InChI=1S/C22H25BrN2O3/c1-5-26-13-16-7-6-8-20(15(16)4)25-22-24-12-21(28-22)17-9-18(23)11-19(10-17)27-14(2)3/h6-12,14H,5,13H2,1-4H3,(H,24,25).